The summed E-state index contributed by atoms with van der Waals surface area (Å²) in [7, 11) is 0. The quantitative estimate of drug-likeness (QED) is 0.796. The Bertz CT molecular complexity index is 499. The minimum Gasteiger partial charge on any atom is -0.379 e. The number of carbonyl (C=O) groups excluding carboxylic acids is 1. The summed E-state index contributed by atoms with van der Waals surface area (Å²) in [4.78, 5) is 14.7. The molecule has 0 bridgehead atoms. The molecule has 2 aliphatic heterocycles. The number of morpholine rings is 2. The fourth-order valence-corrected chi connectivity index (χ4v) is 3.28. The van der Waals surface area contributed by atoms with Crippen molar-refractivity contribution < 1.29 is 14.3 Å². The predicted molar refractivity (Wildman–Crippen MR) is 91.8 cm³/mol. The second kappa shape index (κ2) is 9.13. The summed E-state index contributed by atoms with van der Waals surface area (Å²) in [6, 6.07) is 10.7. The molecule has 0 radical (unpaired) electrons. The van der Waals surface area contributed by atoms with Gasteiger partial charge in [-0.3, -0.25) is 9.69 Å². The zero-order chi connectivity index (χ0) is 16.6. The zero-order valence-corrected chi connectivity index (χ0v) is 14.1. The van der Waals surface area contributed by atoms with Crippen LogP contribution in [0.5, 0.6) is 0 Å². The van der Waals surface area contributed by atoms with Gasteiger partial charge in [-0.25, -0.2) is 0 Å². The molecule has 6 heteroatoms. The van der Waals surface area contributed by atoms with Gasteiger partial charge in [-0.15, -0.1) is 0 Å². The van der Waals surface area contributed by atoms with E-state index in [0.29, 0.717) is 19.6 Å². The number of rotatable bonds is 6. The Morgan fingerprint density at radius 2 is 2.00 bits per heavy atom. The van der Waals surface area contributed by atoms with Gasteiger partial charge in [0.25, 0.3) is 0 Å². The normalized spacial score (nSPS) is 23.6. The van der Waals surface area contributed by atoms with E-state index in [1.165, 1.54) is 5.56 Å². The highest BCUT2D eigenvalue weighted by Crippen LogP contribution is 2.21. The molecule has 1 aromatic carbocycles. The number of benzene rings is 1. The first-order valence-corrected chi connectivity index (χ1v) is 8.77. The predicted octanol–water partition coefficient (Wildman–Crippen LogP) is 0.555. The van der Waals surface area contributed by atoms with E-state index in [-0.39, 0.29) is 18.0 Å². The van der Waals surface area contributed by atoms with Crippen LogP contribution in [0.25, 0.3) is 0 Å². The Kier molecular flexibility index (Phi) is 6.60. The summed E-state index contributed by atoms with van der Waals surface area (Å²) in [5.74, 6) is 0.0761. The first-order valence-electron chi connectivity index (χ1n) is 8.77. The number of hydrogen-bond acceptors (Lipinski definition) is 5. The van der Waals surface area contributed by atoms with Crippen LogP contribution < -0.4 is 10.6 Å². The average molecular weight is 333 g/mol. The number of nitrogens with one attached hydrogen (secondary N) is 2. The molecule has 1 amide bonds. The van der Waals surface area contributed by atoms with Gasteiger partial charge in [0.05, 0.1) is 32.5 Å². The van der Waals surface area contributed by atoms with Crippen molar-refractivity contribution in [1.82, 2.24) is 15.5 Å². The van der Waals surface area contributed by atoms with Crippen molar-refractivity contribution in [3.8, 4) is 0 Å². The lowest BCUT2D eigenvalue weighted by atomic mass is 10.0. The van der Waals surface area contributed by atoms with Gasteiger partial charge in [-0.1, -0.05) is 30.3 Å². The maximum absolute atomic E-state index is 12.3. The third-order valence-electron chi connectivity index (χ3n) is 4.59. The van der Waals surface area contributed by atoms with Gasteiger partial charge in [0, 0.05) is 38.6 Å². The molecule has 1 aromatic rings. The molecule has 2 heterocycles. The van der Waals surface area contributed by atoms with Gasteiger partial charge >= 0.3 is 0 Å². The second-order valence-corrected chi connectivity index (χ2v) is 6.31. The molecule has 3 rings (SSSR count). The van der Waals surface area contributed by atoms with E-state index < -0.39 is 0 Å². The molecule has 6 nitrogen and oxygen atoms in total. The van der Waals surface area contributed by atoms with Crippen molar-refractivity contribution in [3.05, 3.63) is 35.9 Å². The summed E-state index contributed by atoms with van der Waals surface area (Å²) in [6.45, 7) is 6.07. The van der Waals surface area contributed by atoms with Crippen LogP contribution in [-0.2, 0) is 14.3 Å². The van der Waals surface area contributed by atoms with Gasteiger partial charge in [0.15, 0.2) is 0 Å². The topological polar surface area (TPSA) is 62.8 Å². The molecule has 132 valence electrons. The van der Waals surface area contributed by atoms with Gasteiger partial charge in [-0.2, -0.15) is 0 Å². The van der Waals surface area contributed by atoms with E-state index in [2.05, 4.69) is 27.7 Å². The minimum atomic E-state index is 0.0761. The van der Waals surface area contributed by atoms with Crippen molar-refractivity contribution in [3.63, 3.8) is 0 Å². The average Bonchev–Trinajstić information content (AvgIpc) is 2.64. The molecular weight excluding hydrogens is 306 g/mol. The molecule has 2 fully saturated rings. The highest BCUT2D eigenvalue weighted by Gasteiger charge is 2.24. The zero-order valence-electron chi connectivity index (χ0n) is 14.1. The maximum Gasteiger partial charge on any atom is 0.221 e. The standard InChI is InChI=1S/C18H27N3O3/c22-18(12-16-14-24-9-6-19-16)20-13-17(15-4-2-1-3-5-15)21-7-10-23-11-8-21/h1-5,16-17,19H,6-14H2,(H,20,22). The summed E-state index contributed by atoms with van der Waals surface area (Å²) in [5.41, 5.74) is 1.24. The van der Waals surface area contributed by atoms with Crippen LogP contribution in [-0.4, -0.2) is 69.5 Å². The lowest BCUT2D eigenvalue weighted by molar-refractivity contribution is -0.122. The molecule has 2 saturated heterocycles. The maximum atomic E-state index is 12.3. The third kappa shape index (κ3) is 5.01. The Hall–Kier alpha value is -1.47. The van der Waals surface area contributed by atoms with Crippen LogP contribution in [0, 0.1) is 0 Å². The molecule has 0 saturated carbocycles. The molecule has 2 unspecified atom stereocenters. The summed E-state index contributed by atoms with van der Waals surface area (Å²) >= 11 is 0. The van der Waals surface area contributed by atoms with Crippen molar-refractivity contribution in [2.75, 3.05) is 52.6 Å². The molecule has 2 aliphatic rings. The Labute approximate surface area is 143 Å². The number of amides is 1. The van der Waals surface area contributed by atoms with Crippen LogP contribution in [0.1, 0.15) is 18.0 Å². The van der Waals surface area contributed by atoms with Crippen LogP contribution in [0.2, 0.25) is 0 Å². The smallest absolute Gasteiger partial charge is 0.221 e. The molecule has 0 aromatic heterocycles. The third-order valence-corrected chi connectivity index (χ3v) is 4.59. The summed E-state index contributed by atoms with van der Waals surface area (Å²) in [5, 5.41) is 6.43. The van der Waals surface area contributed by atoms with Gasteiger partial charge in [-0.05, 0) is 5.56 Å². The Morgan fingerprint density at radius 1 is 1.21 bits per heavy atom. The molecule has 24 heavy (non-hydrogen) atoms. The van der Waals surface area contributed by atoms with Crippen LogP contribution in [0.4, 0.5) is 0 Å². The highest BCUT2D eigenvalue weighted by molar-refractivity contribution is 5.76. The fraction of sp³-hybridized carbons (Fsp3) is 0.611. The van der Waals surface area contributed by atoms with Gasteiger partial charge in [0.2, 0.25) is 5.91 Å². The SMILES string of the molecule is O=C(CC1COCCN1)NCC(c1ccccc1)N1CCOCC1. The second-order valence-electron chi connectivity index (χ2n) is 6.31. The Morgan fingerprint density at radius 3 is 2.71 bits per heavy atom. The van der Waals surface area contributed by atoms with E-state index in [0.717, 1.165) is 39.5 Å². The largest absolute Gasteiger partial charge is 0.379 e. The van der Waals surface area contributed by atoms with Crippen LogP contribution in [0.3, 0.4) is 0 Å². The van der Waals surface area contributed by atoms with Crippen LogP contribution >= 0.6 is 0 Å². The minimum absolute atomic E-state index is 0.0761. The molecule has 2 atom stereocenters. The fourth-order valence-electron chi connectivity index (χ4n) is 3.28. The highest BCUT2D eigenvalue weighted by atomic mass is 16.5. The Balaban J connectivity index is 1.56. The molecular formula is C18H27N3O3. The lowest BCUT2D eigenvalue weighted by Crippen LogP contribution is -2.46. The first kappa shape index (κ1) is 17.4. The summed E-state index contributed by atoms with van der Waals surface area (Å²) < 4.78 is 10.9. The number of ether oxygens (including phenoxy) is 2. The lowest BCUT2D eigenvalue weighted by Gasteiger charge is -2.35. The number of nitrogens with zero attached hydrogens (tertiary/aromatic N) is 1. The number of hydrogen-bond donors (Lipinski definition) is 2. The van der Waals surface area contributed by atoms with Crippen molar-refractivity contribution in [2.24, 2.45) is 0 Å². The molecule has 0 aliphatic carbocycles. The van der Waals surface area contributed by atoms with Crippen molar-refractivity contribution >= 4 is 5.91 Å². The van der Waals surface area contributed by atoms with Crippen LogP contribution in [0.15, 0.2) is 30.3 Å². The number of carbonyl (C=O) groups is 1. The van der Waals surface area contributed by atoms with Crippen molar-refractivity contribution in [1.29, 1.82) is 0 Å². The van der Waals surface area contributed by atoms with Gasteiger partial charge < -0.3 is 20.1 Å². The monoisotopic (exact) mass is 333 g/mol. The van der Waals surface area contributed by atoms with E-state index in [1.807, 2.05) is 18.2 Å². The molecule has 2 N–H and O–H groups in total. The first-order chi connectivity index (χ1) is 11.8. The molecule has 0 spiro atoms. The van der Waals surface area contributed by atoms with E-state index in [1.54, 1.807) is 0 Å². The van der Waals surface area contributed by atoms with Gasteiger partial charge in [0.1, 0.15) is 0 Å². The van der Waals surface area contributed by atoms with E-state index in [9.17, 15) is 4.79 Å². The van der Waals surface area contributed by atoms with E-state index >= 15 is 0 Å². The van der Waals surface area contributed by atoms with E-state index in [4.69, 9.17) is 9.47 Å². The summed E-state index contributed by atoms with van der Waals surface area (Å²) in [6.07, 6.45) is 0.463. The van der Waals surface area contributed by atoms with Crippen molar-refractivity contribution in [2.45, 2.75) is 18.5 Å².